The smallest absolute Gasteiger partial charge is 0.268 e. The van der Waals surface area contributed by atoms with E-state index in [4.69, 9.17) is 8.83 Å². The number of hydrogen-bond donors (Lipinski definition) is 4. The first-order chi connectivity index (χ1) is 19.5. The van der Waals surface area contributed by atoms with Gasteiger partial charge >= 0.3 is 0 Å². The summed E-state index contributed by atoms with van der Waals surface area (Å²) >= 11 is 0. The molecular weight excluding hydrogens is 512 g/mol. The van der Waals surface area contributed by atoms with Gasteiger partial charge in [0.25, 0.3) is 23.6 Å². The maximum atomic E-state index is 12.9. The minimum absolute atomic E-state index is 0.0297. The van der Waals surface area contributed by atoms with Gasteiger partial charge < -0.3 is 30.1 Å². The average molecular weight is 539 g/mol. The number of benzene rings is 2. The standard InChI is InChI=1S/C30H26N4O6/c35-27(21-9-3-1-4-10-21)33-25(19-23-13-7-17-39-23)29(37)31-15-16-32-30(38)26(20-24-14-8-18-40-24)34-28(36)22-11-5-2-6-12-22/h1-14,17-20H,15-16H2,(H,31,37)(H,32,38)(H,33,35)(H,34,36). The van der Waals surface area contributed by atoms with Crippen LogP contribution in [0.25, 0.3) is 12.2 Å². The molecular formula is C30H26N4O6. The Labute approximate surface area is 229 Å². The Balaban J connectivity index is 1.37. The summed E-state index contributed by atoms with van der Waals surface area (Å²) in [4.78, 5) is 51.1. The number of nitrogens with one attached hydrogen (secondary N) is 4. The number of hydrogen-bond acceptors (Lipinski definition) is 6. The summed E-state index contributed by atoms with van der Waals surface area (Å²) in [5, 5.41) is 10.5. The van der Waals surface area contributed by atoms with Crippen molar-refractivity contribution in [2.75, 3.05) is 13.1 Å². The zero-order valence-corrected chi connectivity index (χ0v) is 21.3. The molecule has 0 aliphatic rings. The predicted molar refractivity (Wildman–Crippen MR) is 147 cm³/mol. The Hall–Kier alpha value is -5.64. The fraction of sp³-hybridized carbons (Fsp3) is 0.0667. The van der Waals surface area contributed by atoms with E-state index in [0.29, 0.717) is 22.6 Å². The van der Waals surface area contributed by atoms with Gasteiger partial charge in [0.05, 0.1) is 12.5 Å². The van der Waals surface area contributed by atoms with Gasteiger partial charge in [0.2, 0.25) is 0 Å². The van der Waals surface area contributed by atoms with E-state index in [2.05, 4.69) is 21.3 Å². The monoisotopic (exact) mass is 538 g/mol. The number of carbonyl (C=O) groups is 4. The lowest BCUT2D eigenvalue weighted by Crippen LogP contribution is -2.41. The normalized spacial score (nSPS) is 11.4. The second-order valence-electron chi connectivity index (χ2n) is 8.30. The molecule has 0 saturated heterocycles. The van der Waals surface area contributed by atoms with Gasteiger partial charge in [-0.15, -0.1) is 0 Å². The highest BCUT2D eigenvalue weighted by Gasteiger charge is 2.17. The van der Waals surface area contributed by atoms with Crippen LogP contribution in [0.1, 0.15) is 32.2 Å². The van der Waals surface area contributed by atoms with E-state index in [1.54, 1.807) is 84.9 Å². The van der Waals surface area contributed by atoms with Crippen LogP contribution in [0, 0.1) is 0 Å². The third-order valence-corrected chi connectivity index (χ3v) is 5.41. The molecule has 0 unspecified atom stereocenters. The SMILES string of the molecule is O=C(NCCNC(=O)C(=Cc1ccco1)NC(=O)c1ccccc1)C(=Cc1ccco1)NC(=O)c1ccccc1. The predicted octanol–water partition coefficient (Wildman–Crippen LogP) is 3.35. The van der Waals surface area contributed by atoms with Crippen LogP contribution >= 0.6 is 0 Å². The zero-order valence-electron chi connectivity index (χ0n) is 21.3. The first-order valence-electron chi connectivity index (χ1n) is 12.3. The molecule has 10 nitrogen and oxygen atoms in total. The van der Waals surface area contributed by atoms with Gasteiger partial charge in [-0.05, 0) is 48.5 Å². The van der Waals surface area contributed by atoms with E-state index in [1.807, 2.05) is 0 Å². The Morgan fingerprint density at radius 1 is 0.550 bits per heavy atom. The van der Waals surface area contributed by atoms with Gasteiger partial charge in [0, 0.05) is 36.4 Å². The number of rotatable bonds is 11. The minimum Gasteiger partial charge on any atom is -0.465 e. The molecule has 4 aromatic rings. The topological polar surface area (TPSA) is 143 Å². The van der Waals surface area contributed by atoms with Crippen molar-refractivity contribution >= 4 is 35.8 Å². The number of amides is 4. The largest absolute Gasteiger partial charge is 0.465 e. The van der Waals surface area contributed by atoms with E-state index in [-0.39, 0.29) is 24.5 Å². The van der Waals surface area contributed by atoms with Crippen LogP contribution in [0.3, 0.4) is 0 Å². The third kappa shape index (κ3) is 7.93. The van der Waals surface area contributed by atoms with Crippen LogP contribution in [0.2, 0.25) is 0 Å². The molecule has 2 heterocycles. The van der Waals surface area contributed by atoms with E-state index in [1.165, 1.54) is 24.7 Å². The van der Waals surface area contributed by atoms with Crippen LogP contribution in [0.15, 0.2) is 118 Å². The van der Waals surface area contributed by atoms with Crippen molar-refractivity contribution in [1.29, 1.82) is 0 Å². The van der Waals surface area contributed by atoms with Crippen molar-refractivity contribution in [1.82, 2.24) is 21.3 Å². The minimum atomic E-state index is -0.585. The summed E-state index contributed by atoms with van der Waals surface area (Å²) in [7, 11) is 0. The van der Waals surface area contributed by atoms with Gasteiger partial charge in [0.15, 0.2) is 0 Å². The summed E-state index contributed by atoms with van der Waals surface area (Å²) < 4.78 is 10.6. The molecule has 202 valence electrons. The number of carbonyl (C=O) groups excluding carboxylic acids is 4. The summed E-state index contributed by atoms with van der Waals surface area (Å²) in [6, 6.07) is 23.5. The summed E-state index contributed by atoms with van der Waals surface area (Å²) in [5.74, 6) is -1.37. The fourth-order valence-electron chi connectivity index (χ4n) is 3.46. The van der Waals surface area contributed by atoms with Crippen molar-refractivity contribution in [3.8, 4) is 0 Å². The second kappa shape index (κ2) is 13.8. The van der Waals surface area contributed by atoms with Crippen molar-refractivity contribution in [2.45, 2.75) is 0 Å². The molecule has 0 radical (unpaired) electrons. The maximum Gasteiger partial charge on any atom is 0.268 e. The molecule has 2 aromatic heterocycles. The van der Waals surface area contributed by atoms with Crippen molar-refractivity contribution < 1.29 is 28.0 Å². The molecule has 0 aliphatic carbocycles. The molecule has 0 aliphatic heterocycles. The lowest BCUT2D eigenvalue weighted by molar-refractivity contribution is -0.119. The van der Waals surface area contributed by atoms with E-state index in [0.717, 1.165) is 0 Å². The summed E-state index contributed by atoms with van der Waals surface area (Å²) in [5.41, 5.74) is 0.676. The Kier molecular flexibility index (Phi) is 9.43. The molecule has 0 bridgehead atoms. The molecule has 10 heteroatoms. The Morgan fingerprint density at radius 2 is 0.950 bits per heavy atom. The zero-order chi connectivity index (χ0) is 28.2. The van der Waals surface area contributed by atoms with Gasteiger partial charge in [-0.25, -0.2) is 0 Å². The van der Waals surface area contributed by atoms with Gasteiger partial charge in [0.1, 0.15) is 22.9 Å². The van der Waals surface area contributed by atoms with Crippen LogP contribution < -0.4 is 21.3 Å². The lowest BCUT2D eigenvalue weighted by atomic mass is 10.2. The molecule has 40 heavy (non-hydrogen) atoms. The molecule has 0 spiro atoms. The fourth-order valence-corrected chi connectivity index (χ4v) is 3.46. The van der Waals surface area contributed by atoms with Gasteiger partial charge in [-0.3, -0.25) is 19.2 Å². The van der Waals surface area contributed by atoms with Crippen LogP contribution in [-0.2, 0) is 9.59 Å². The highest BCUT2D eigenvalue weighted by Crippen LogP contribution is 2.09. The molecule has 4 N–H and O–H groups in total. The average Bonchev–Trinajstić information content (AvgIpc) is 3.70. The highest BCUT2D eigenvalue weighted by molar-refractivity contribution is 6.06. The highest BCUT2D eigenvalue weighted by atomic mass is 16.3. The van der Waals surface area contributed by atoms with Crippen molar-refractivity contribution in [3.05, 3.63) is 131 Å². The van der Waals surface area contributed by atoms with E-state index in [9.17, 15) is 19.2 Å². The van der Waals surface area contributed by atoms with Crippen LogP contribution in [0.5, 0.6) is 0 Å². The molecule has 2 aromatic carbocycles. The van der Waals surface area contributed by atoms with E-state index < -0.39 is 23.6 Å². The molecule has 0 atom stereocenters. The first kappa shape index (κ1) is 27.4. The van der Waals surface area contributed by atoms with Crippen LogP contribution in [-0.4, -0.2) is 36.7 Å². The number of furan rings is 2. The Bertz CT molecular complexity index is 1380. The maximum absolute atomic E-state index is 12.9. The van der Waals surface area contributed by atoms with E-state index >= 15 is 0 Å². The van der Waals surface area contributed by atoms with Crippen LogP contribution in [0.4, 0.5) is 0 Å². The van der Waals surface area contributed by atoms with Crippen molar-refractivity contribution in [2.24, 2.45) is 0 Å². The van der Waals surface area contributed by atoms with Gasteiger partial charge in [-0.1, -0.05) is 36.4 Å². The third-order valence-electron chi connectivity index (χ3n) is 5.41. The molecule has 0 saturated carbocycles. The van der Waals surface area contributed by atoms with Crippen molar-refractivity contribution in [3.63, 3.8) is 0 Å². The molecule has 4 rings (SSSR count). The summed E-state index contributed by atoms with van der Waals surface area (Å²) in [6.07, 6.45) is 5.69. The molecule has 0 fully saturated rings. The second-order valence-corrected chi connectivity index (χ2v) is 8.30. The molecule has 4 amide bonds. The quantitative estimate of drug-likeness (QED) is 0.170. The summed E-state index contributed by atoms with van der Waals surface area (Å²) in [6.45, 7) is 0.0594. The Morgan fingerprint density at radius 3 is 1.30 bits per heavy atom. The lowest BCUT2D eigenvalue weighted by Gasteiger charge is -2.13. The van der Waals surface area contributed by atoms with Gasteiger partial charge in [-0.2, -0.15) is 0 Å². The first-order valence-corrected chi connectivity index (χ1v) is 12.3.